The third kappa shape index (κ3) is 4.56. The van der Waals surface area contributed by atoms with Crippen LogP contribution < -0.4 is 10.1 Å². The molecule has 0 unspecified atom stereocenters. The molecule has 0 fully saturated rings. The van der Waals surface area contributed by atoms with E-state index in [1.807, 2.05) is 31.2 Å². The average molecular weight is 390 g/mol. The van der Waals surface area contributed by atoms with Gasteiger partial charge in [0.25, 0.3) is 5.91 Å². The summed E-state index contributed by atoms with van der Waals surface area (Å²) >= 11 is 12.3. The minimum absolute atomic E-state index is 0.0770. The molecule has 7 heteroatoms. The molecule has 0 bridgehead atoms. The van der Waals surface area contributed by atoms with Gasteiger partial charge in [-0.15, -0.1) is 0 Å². The van der Waals surface area contributed by atoms with E-state index in [2.05, 4.69) is 10.4 Å². The number of hydrogen-bond donors (Lipinski definition) is 1. The molecule has 5 nitrogen and oxygen atoms in total. The maximum atomic E-state index is 12.1. The number of amides is 1. The SMILES string of the molecule is Cc1ccccc1OCC(=O)Nc1cnn(Cc2c(Cl)cccc2Cl)c1. The highest BCUT2D eigenvalue weighted by Crippen LogP contribution is 2.25. The van der Waals surface area contributed by atoms with Crippen molar-refractivity contribution in [2.45, 2.75) is 13.5 Å². The number of aryl methyl sites for hydroxylation is 1. The fourth-order valence-corrected chi connectivity index (χ4v) is 2.94. The van der Waals surface area contributed by atoms with Gasteiger partial charge in [-0.1, -0.05) is 47.5 Å². The number of benzene rings is 2. The van der Waals surface area contributed by atoms with Crippen LogP contribution >= 0.6 is 23.2 Å². The lowest BCUT2D eigenvalue weighted by Crippen LogP contribution is -2.20. The lowest BCUT2D eigenvalue weighted by atomic mass is 10.2. The Hall–Kier alpha value is -2.50. The number of nitrogens with zero attached hydrogens (tertiary/aromatic N) is 2. The summed E-state index contributed by atoms with van der Waals surface area (Å²) < 4.78 is 7.19. The molecule has 3 aromatic rings. The highest BCUT2D eigenvalue weighted by atomic mass is 35.5. The van der Waals surface area contributed by atoms with Gasteiger partial charge in [0, 0.05) is 21.8 Å². The maximum absolute atomic E-state index is 12.1. The second-order valence-electron chi connectivity index (χ2n) is 5.73. The molecule has 0 aliphatic rings. The Labute approximate surface area is 161 Å². The van der Waals surface area contributed by atoms with Gasteiger partial charge < -0.3 is 10.1 Å². The van der Waals surface area contributed by atoms with Crippen molar-refractivity contribution in [3.8, 4) is 5.75 Å². The lowest BCUT2D eigenvalue weighted by Gasteiger charge is -2.08. The van der Waals surface area contributed by atoms with E-state index >= 15 is 0 Å². The van der Waals surface area contributed by atoms with Crippen LogP contribution in [0.3, 0.4) is 0 Å². The van der Waals surface area contributed by atoms with Crippen LogP contribution in [0.2, 0.25) is 10.0 Å². The molecular weight excluding hydrogens is 373 g/mol. The molecule has 3 rings (SSSR count). The number of para-hydroxylation sites is 1. The van der Waals surface area contributed by atoms with Crippen LogP contribution in [0.25, 0.3) is 0 Å². The van der Waals surface area contributed by atoms with Gasteiger partial charge in [-0.2, -0.15) is 5.10 Å². The molecule has 0 aliphatic heterocycles. The molecular formula is C19H17Cl2N3O2. The molecule has 1 N–H and O–H groups in total. The van der Waals surface area contributed by atoms with Gasteiger partial charge in [-0.3, -0.25) is 9.48 Å². The van der Waals surface area contributed by atoms with Gasteiger partial charge >= 0.3 is 0 Å². The first-order valence-electron chi connectivity index (χ1n) is 7.96. The number of hydrogen-bond acceptors (Lipinski definition) is 3. The van der Waals surface area contributed by atoms with E-state index in [1.54, 1.807) is 35.3 Å². The van der Waals surface area contributed by atoms with Gasteiger partial charge in [0.1, 0.15) is 5.75 Å². The van der Waals surface area contributed by atoms with E-state index < -0.39 is 0 Å². The standard InChI is InChI=1S/C19H17Cl2N3O2/c1-13-5-2-3-8-18(13)26-12-19(25)23-14-9-22-24(10-14)11-15-16(20)6-4-7-17(15)21/h2-10H,11-12H2,1H3,(H,23,25). The molecule has 1 heterocycles. The Morgan fingerprint density at radius 1 is 1.15 bits per heavy atom. The predicted molar refractivity (Wildman–Crippen MR) is 103 cm³/mol. The normalized spacial score (nSPS) is 10.6. The van der Waals surface area contributed by atoms with Crippen molar-refractivity contribution in [1.82, 2.24) is 9.78 Å². The third-order valence-electron chi connectivity index (χ3n) is 3.75. The van der Waals surface area contributed by atoms with E-state index in [0.29, 0.717) is 28.0 Å². The number of halogens is 2. The Bertz CT molecular complexity index is 904. The summed E-state index contributed by atoms with van der Waals surface area (Å²) in [6.45, 7) is 2.26. The second-order valence-corrected chi connectivity index (χ2v) is 6.54. The van der Waals surface area contributed by atoms with Crippen LogP contribution in [-0.4, -0.2) is 22.3 Å². The van der Waals surface area contributed by atoms with E-state index in [-0.39, 0.29) is 12.5 Å². The van der Waals surface area contributed by atoms with Crippen LogP contribution in [0.1, 0.15) is 11.1 Å². The van der Waals surface area contributed by atoms with Crippen LogP contribution in [0.5, 0.6) is 5.75 Å². The summed E-state index contributed by atoms with van der Waals surface area (Å²) in [6, 6.07) is 12.9. The van der Waals surface area contributed by atoms with Gasteiger partial charge in [0.2, 0.25) is 0 Å². The number of rotatable bonds is 6. The van der Waals surface area contributed by atoms with Crippen LogP contribution in [0.15, 0.2) is 54.9 Å². The Morgan fingerprint density at radius 3 is 2.62 bits per heavy atom. The number of nitrogens with one attached hydrogen (secondary N) is 1. The Morgan fingerprint density at radius 2 is 1.88 bits per heavy atom. The van der Waals surface area contributed by atoms with E-state index in [9.17, 15) is 4.79 Å². The zero-order valence-electron chi connectivity index (χ0n) is 14.1. The van der Waals surface area contributed by atoms with Gasteiger partial charge in [-0.05, 0) is 30.7 Å². The topological polar surface area (TPSA) is 56.1 Å². The molecule has 134 valence electrons. The van der Waals surface area contributed by atoms with Crippen LogP contribution in [-0.2, 0) is 11.3 Å². The Balaban J connectivity index is 1.58. The first-order chi connectivity index (χ1) is 12.5. The van der Waals surface area contributed by atoms with Gasteiger partial charge in [0.15, 0.2) is 6.61 Å². The summed E-state index contributed by atoms with van der Waals surface area (Å²) in [7, 11) is 0. The van der Waals surface area contributed by atoms with E-state index in [4.69, 9.17) is 27.9 Å². The summed E-state index contributed by atoms with van der Waals surface area (Å²) in [5.74, 6) is 0.426. The molecule has 0 saturated heterocycles. The first kappa shape index (κ1) is 18.3. The maximum Gasteiger partial charge on any atom is 0.262 e. The van der Waals surface area contributed by atoms with Gasteiger partial charge in [-0.25, -0.2) is 0 Å². The third-order valence-corrected chi connectivity index (χ3v) is 4.46. The van der Waals surface area contributed by atoms with E-state index in [1.165, 1.54) is 0 Å². The number of carbonyl (C=O) groups excluding carboxylic acids is 1. The summed E-state index contributed by atoms with van der Waals surface area (Å²) in [5, 5.41) is 8.13. The fourth-order valence-electron chi connectivity index (χ4n) is 2.42. The summed E-state index contributed by atoms with van der Waals surface area (Å²) in [4.78, 5) is 12.1. The van der Waals surface area contributed by atoms with Crippen molar-refractivity contribution in [2.24, 2.45) is 0 Å². The van der Waals surface area contributed by atoms with Crippen molar-refractivity contribution in [1.29, 1.82) is 0 Å². The van der Waals surface area contributed by atoms with Crippen LogP contribution in [0, 0.1) is 6.92 Å². The molecule has 1 aromatic heterocycles. The zero-order valence-corrected chi connectivity index (χ0v) is 15.6. The van der Waals surface area contributed by atoms with Crippen molar-refractivity contribution in [2.75, 3.05) is 11.9 Å². The molecule has 26 heavy (non-hydrogen) atoms. The fraction of sp³-hybridized carbons (Fsp3) is 0.158. The molecule has 1 amide bonds. The molecule has 0 aliphatic carbocycles. The molecule has 0 spiro atoms. The smallest absolute Gasteiger partial charge is 0.262 e. The average Bonchev–Trinajstić information content (AvgIpc) is 3.04. The largest absolute Gasteiger partial charge is 0.483 e. The van der Waals surface area contributed by atoms with Crippen LogP contribution in [0.4, 0.5) is 5.69 Å². The monoisotopic (exact) mass is 389 g/mol. The minimum atomic E-state index is -0.261. The van der Waals surface area contributed by atoms with Gasteiger partial charge in [0.05, 0.1) is 18.4 Å². The number of carbonyl (C=O) groups is 1. The second kappa shape index (κ2) is 8.25. The minimum Gasteiger partial charge on any atom is -0.483 e. The summed E-state index contributed by atoms with van der Waals surface area (Å²) in [6.07, 6.45) is 3.28. The number of aromatic nitrogens is 2. The first-order valence-corrected chi connectivity index (χ1v) is 8.72. The quantitative estimate of drug-likeness (QED) is 0.671. The van der Waals surface area contributed by atoms with E-state index in [0.717, 1.165) is 11.1 Å². The highest BCUT2D eigenvalue weighted by Gasteiger charge is 2.10. The molecule has 0 atom stereocenters. The van der Waals surface area contributed by atoms with Crippen molar-refractivity contribution >= 4 is 34.8 Å². The highest BCUT2D eigenvalue weighted by molar-refractivity contribution is 6.35. The summed E-state index contributed by atoms with van der Waals surface area (Å²) in [5.41, 5.74) is 2.33. The lowest BCUT2D eigenvalue weighted by molar-refractivity contribution is -0.118. The van der Waals surface area contributed by atoms with Crippen molar-refractivity contribution in [3.63, 3.8) is 0 Å². The predicted octanol–water partition coefficient (Wildman–Crippen LogP) is 4.56. The van der Waals surface area contributed by atoms with Crippen molar-refractivity contribution < 1.29 is 9.53 Å². The molecule has 0 saturated carbocycles. The number of ether oxygens (including phenoxy) is 1. The molecule has 2 aromatic carbocycles. The van der Waals surface area contributed by atoms with Crippen molar-refractivity contribution in [3.05, 3.63) is 76.0 Å². The Kier molecular flexibility index (Phi) is 5.81. The zero-order chi connectivity index (χ0) is 18.5. The number of anilines is 1. The molecule has 0 radical (unpaired) electrons.